The van der Waals surface area contributed by atoms with Crippen molar-refractivity contribution < 1.29 is 9.84 Å². The Balaban J connectivity index is 2.17. The normalized spacial score (nSPS) is 18.1. The van der Waals surface area contributed by atoms with Crippen LogP contribution in [0.25, 0.3) is 0 Å². The number of aliphatic hydroxyl groups is 1. The number of piperazine rings is 1. The first-order valence-electron chi connectivity index (χ1n) is 7.18. The second-order valence-electron chi connectivity index (χ2n) is 5.23. The number of ether oxygens (including phenoxy) is 1. The quantitative estimate of drug-likeness (QED) is 0.836. The van der Waals surface area contributed by atoms with Gasteiger partial charge in [0.15, 0.2) is 0 Å². The van der Waals surface area contributed by atoms with Crippen molar-refractivity contribution in [1.82, 2.24) is 4.90 Å². The second-order valence-corrected chi connectivity index (χ2v) is 5.23. The predicted octanol–water partition coefficient (Wildman–Crippen LogP) is 0.829. The highest BCUT2D eigenvalue weighted by Crippen LogP contribution is 2.34. The number of hydrogen-bond donors (Lipinski definition) is 2. The fourth-order valence-corrected chi connectivity index (χ4v) is 2.80. The van der Waals surface area contributed by atoms with E-state index in [4.69, 9.17) is 15.6 Å². The van der Waals surface area contributed by atoms with E-state index in [0.717, 1.165) is 44.0 Å². The van der Waals surface area contributed by atoms with Gasteiger partial charge in [-0.2, -0.15) is 0 Å². The minimum absolute atomic E-state index is 0.0587. The molecule has 0 spiro atoms. The first kappa shape index (κ1) is 15.1. The number of hydrogen-bond acceptors (Lipinski definition) is 5. The van der Waals surface area contributed by atoms with Crippen LogP contribution in [0.5, 0.6) is 5.75 Å². The van der Waals surface area contributed by atoms with Crippen LogP contribution in [-0.2, 0) is 0 Å². The summed E-state index contributed by atoms with van der Waals surface area (Å²) in [6.45, 7) is 6.81. The summed E-state index contributed by atoms with van der Waals surface area (Å²) in [4.78, 5) is 4.64. The monoisotopic (exact) mass is 279 g/mol. The SMILES string of the molecule is COc1cccc(N2CCN(CCO)CC2)c1[C@H](C)N. The topological polar surface area (TPSA) is 62.0 Å². The molecule has 2 rings (SSSR count). The van der Waals surface area contributed by atoms with Crippen LogP contribution in [0.15, 0.2) is 18.2 Å². The molecule has 20 heavy (non-hydrogen) atoms. The second kappa shape index (κ2) is 6.92. The van der Waals surface area contributed by atoms with E-state index in [-0.39, 0.29) is 12.6 Å². The van der Waals surface area contributed by atoms with Gasteiger partial charge in [-0.1, -0.05) is 6.07 Å². The van der Waals surface area contributed by atoms with Crippen LogP contribution in [0.2, 0.25) is 0 Å². The third kappa shape index (κ3) is 3.23. The first-order valence-corrected chi connectivity index (χ1v) is 7.18. The van der Waals surface area contributed by atoms with Gasteiger partial charge in [0.25, 0.3) is 0 Å². The van der Waals surface area contributed by atoms with Crippen molar-refractivity contribution in [2.75, 3.05) is 51.3 Å². The lowest BCUT2D eigenvalue weighted by Crippen LogP contribution is -2.47. The van der Waals surface area contributed by atoms with Gasteiger partial charge in [0.05, 0.1) is 13.7 Å². The molecule has 3 N–H and O–H groups in total. The molecule has 1 saturated heterocycles. The average molecular weight is 279 g/mol. The van der Waals surface area contributed by atoms with Gasteiger partial charge in [-0.3, -0.25) is 4.90 Å². The third-order valence-electron chi connectivity index (χ3n) is 3.85. The molecule has 0 aliphatic carbocycles. The summed E-state index contributed by atoms with van der Waals surface area (Å²) in [5.41, 5.74) is 8.37. The zero-order chi connectivity index (χ0) is 14.5. The highest BCUT2D eigenvalue weighted by Gasteiger charge is 2.21. The number of rotatable bonds is 5. The number of nitrogens with two attached hydrogens (primary N) is 1. The Bertz CT molecular complexity index is 429. The summed E-state index contributed by atoms with van der Waals surface area (Å²) in [5.74, 6) is 0.857. The molecule has 1 fully saturated rings. The molecule has 0 aromatic heterocycles. The summed E-state index contributed by atoms with van der Waals surface area (Å²) in [5, 5.41) is 9.00. The Kier molecular flexibility index (Phi) is 5.23. The van der Waals surface area contributed by atoms with Crippen LogP contribution in [0, 0.1) is 0 Å². The number of benzene rings is 1. The Morgan fingerprint density at radius 2 is 2.00 bits per heavy atom. The van der Waals surface area contributed by atoms with Crippen molar-refractivity contribution >= 4 is 5.69 Å². The Labute approximate surface area is 120 Å². The minimum Gasteiger partial charge on any atom is -0.496 e. The lowest BCUT2D eigenvalue weighted by molar-refractivity contribution is 0.188. The molecule has 0 amide bonds. The fraction of sp³-hybridized carbons (Fsp3) is 0.600. The van der Waals surface area contributed by atoms with E-state index in [1.165, 1.54) is 5.69 Å². The van der Waals surface area contributed by atoms with E-state index >= 15 is 0 Å². The first-order chi connectivity index (χ1) is 9.67. The van der Waals surface area contributed by atoms with E-state index in [1.807, 2.05) is 19.1 Å². The van der Waals surface area contributed by atoms with Crippen molar-refractivity contribution in [3.05, 3.63) is 23.8 Å². The van der Waals surface area contributed by atoms with Crippen LogP contribution >= 0.6 is 0 Å². The molecule has 1 aromatic rings. The van der Waals surface area contributed by atoms with E-state index in [0.29, 0.717) is 0 Å². The van der Waals surface area contributed by atoms with Crippen LogP contribution in [0.3, 0.4) is 0 Å². The maximum absolute atomic E-state index is 9.00. The molecule has 1 aliphatic rings. The molecule has 1 atom stereocenters. The van der Waals surface area contributed by atoms with Crippen LogP contribution in [0.1, 0.15) is 18.5 Å². The lowest BCUT2D eigenvalue weighted by Gasteiger charge is -2.37. The van der Waals surface area contributed by atoms with Crippen molar-refractivity contribution in [1.29, 1.82) is 0 Å². The summed E-state index contributed by atoms with van der Waals surface area (Å²) < 4.78 is 5.45. The number of nitrogens with zero attached hydrogens (tertiary/aromatic N) is 2. The molecule has 112 valence electrons. The van der Waals surface area contributed by atoms with Crippen LogP contribution in [0.4, 0.5) is 5.69 Å². The van der Waals surface area contributed by atoms with E-state index in [2.05, 4.69) is 15.9 Å². The molecule has 0 saturated carbocycles. The van der Waals surface area contributed by atoms with Gasteiger partial charge >= 0.3 is 0 Å². The minimum atomic E-state index is -0.0587. The molecule has 0 unspecified atom stereocenters. The molecule has 1 aliphatic heterocycles. The van der Waals surface area contributed by atoms with Gasteiger partial charge in [-0.15, -0.1) is 0 Å². The average Bonchev–Trinajstić information content (AvgIpc) is 2.47. The van der Waals surface area contributed by atoms with E-state index < -0.39 is 0 Å². The molecule has 1 aromatic carbocycles. The predicted molar refractivity (Wildman–Crippen MR) is 81.3 cm³/mol. The molecular weight excluding hydrogens is 254 g/mol. The summed E-state index contributed by atoms with van der Waals surface area (Å²) >= 11 is 0. The number of anilines is 1. The fourth-order valence-electron chi connectivity index (χ4n) is 2.80. The summed E-state index contributed by atoms with van der Waals surface area (Å²) in [7, 11) is 1.68. The van der Waals surface area contributed by atoms with Gasteiger partial charge < -0.3 is 20.5 Å². The molecular formula is C15H25N3O2. The Morgan fingerprint density at radius 3 is 2.55 bits per heavy atom. The zero-order valence-corrected chi connectivity index (χ0v) is 12.4. The van der Waals surface area contributed by atoms with Gasteiger partial charge in [0.2, 0.25) is 0 Å². The standard InChI is InChI=1S/C15H25N3O2/c1-12(16)15-13(4-3-5-14(15)20-2)18-8-6-17(7-9-18)10-11-19/h3-5,12,19H,6-11,16H2,1-2H3/t12-/m0/s1. The molecule has 1 heterocycles. The number of methoxy groups -OCH3 is 1. The molecule has 5 heteroatoms. The Hall–Kier alpha value is -1.30. The van der Waals surface area contributed by atoms with Crippen molar-refractivity contribution in [3.8, 4) is 5.75 Å². The van der Waals surface area contributed by atoms with Crippen molar-refractivity contribution in [3.63, 3.8) is 0 Å². The smallest absolute Gasteiger partial charge is 0.125 e. The highest BCUT2D eigenvalue weighted by molar-refractivity contribution is 5.61. The van der Waals surface area contributed by atoms with Crippen LogP contribution < -0.4 is 15.4 Å². The van der Waals surface area contributed by atoms with Crippen molar-refractivity contribution in [2.24, 2.45) is 5.73 Å². The number of β-amino-alcohol motifs (C(OH)–C–C–N with tert-alkyl or cyclic N) is 1. The maximum atomic E-state index is 9.00. The summed E-state index contributed by atoms with van der Waals surface area (Å²) in [6.07, 6.45) is 0. The van der Waals surface area contributed by atoms with Gasteiger partial charge in [0, 0.05) is 50.0 Å². The third-order valence-corrected chi connectivity index (χ3v) is 3.85. The summed E-state index contributed by atoms with van der Waals surface area (Å²) in [6, 6.07) is 6.03. The molecule has 0 radical (unpaired) electrons. The maximum Gasteiger partial charge on any atom is 0.125 e. The largest absolute Gasteiger partial charge is 0.496 e. The van der Waals surface area contributed by atoms with Crippen LogP contribution in [-0.4, -0.2) is 56.4 Å². The molecule has 0 bridgehead atoms. The lowest BCUT2D eigenvalue weighted by atomic mass is 10.0. The zero-order valence-electron chi connectivity index (χ0n) is 12.4. The van der Waals surface area contributed by atoms with Crippen molar-refractivity contribution in [2.45, 2.75) is 13.0 Å². The number of aliphatic hydroxyl groups excluding tert-OH is 1. The van der Waals surface area contributed by atoms with E-state index in [1.54, 1.807) is 7.11 Å². The highest BCUT2D eigenvalue weighted by atomic mass is 16.5. The van der Waals surface area contributed by atoms with Gasteiger partial charge in [0.1, 0.15) is 5.75 Å². The Morgan fingerprint density at radius 1 is 1.30 bits per heavy atom. The van der Waals surface area contributed by atoms with Gasteiger partial charge in [-0.25, -0.2) is 0 Å². The van der Waals surface area contributed by atoms with Gasteiger partial charge in [-0.05, 0) is 19.1 Å². The van der Waals surface area contributed by atoms with E-state index in [9.17, 15) is 0 Å². The molecule has 5 nitrogen and oxygen atoms in total.